The largest absolute Gasteiger partial charge is 0.508 e. The molecular formula is C22H18O5. The van der Waals surface area contributed by atoms with Crippen molar-refractivity contribution in [2.24, 2.45) is 0 Å². The van der Waals surface area contributed by atoms with Gasteiger partial charge in [-0.2, -0.15) is 0 Å². The van der Waals surface area contributed by atoms with Crippen molar-refractivity contribution in [3.8, 4) is 34.7 Å². The summed E-state index contributed by atoms with van der Waals surface area (Å²) in [7, 11) is 0. The number of aromatic hydroxyl groups is 2. The van der Waals surface area contributed by atoms with E-state index in [1.807, 2.05) is 0 Å². The van der Waals surface area contributed by atoms with E-state index in [-0.39, 0.29) is 22.5 Å². The van der Waals surface area contributed by atoms with Crippen molar-refractivity contribution in [1.29, 1.82) is 0 Å². The maximum Gasteiger partial charge on any atom is 0.197 e. The Labute approximate surface area is 155 Å². The molecule has 4 rings (SSSR count). The highest BCUT2D eigenvalue weighted by Crippen LogP contribution is 2.31. The summed E-state index contributed by atoms with van der Waals surface area (Å²) in [5.74, 6) is 5.78. The van der Waals surface area contributed by atoms with E-state index < -0.39 is 11.0 Å². The summed E-state index contributed by atoms with van der Waals surface area (Å²) in [4.78, 5) is 12.3. The van der Waals surface area contributed by atoms with Crippen LogP contribution in [0.5, 0.6) is 11.5 Å². The van der Waals surface area contributed by atoms with Gasteiger partial charge in [0.1, 0.15) is 33.8 Å². The van der Waals surface area contributed by atoms with Gasteiger partial charge in [-0.1, -0.05) is 11.8 Å². The lowest BCUT2D eigenvalue weighted by Crippen LogP contribution is -2.20. The van der Waals surface area contributed by atoms with Crippen LogP contribution in [0, 0.1) is 11.8 Å². The fourth-order valence-electron chi connectivity index (χ4n) is 3.39. The van der Waals surface area contributed by atoms with Crippen LogP contribution in [0.25, 0.3) is 22.3 Å². The third kappa shape index (κ3) is 3.40. The summed E-state index contributed by atoms with van der Waals surface area (Å²) in [5, 5.41) is 29.8. The molecule has 1 fully saturated rings. The molecule has 0 aliphatic heterocycles. The van der Waals surface area contributed by atoms with Gasteiger partial charge >= 0.3 is 0 Å². The van der Waals surface area contributed by atoms with Gasteiger partial charge in [0.2, 0.25) is 0 Å². The monoisotopic (exact) mass is 362 g/mol. The molecule has 5 nitrogen and oxygen atoms in total. The van der Waals surface area contributed by atoms with Crippen molar-refractivity contribution in [3.63, 3.8) is 0 Å². The Hall–Kier alpha value is -3.23. The number of phenols is 2. The third-order valence-electron chi connectivity index (χ3n) is 4.83. The zero-order valence-corrected chi connectivity index (χ0v) is 14.5. The minimum Gasteiger partial charge on any atom is -0.508 e. The van der Waals surface area contributed by atoms with E-state index in [0.717, 1.165) is 24.5 Å². The normalized spacial score (nSPS) is 15.4. The van der Waals surface area contributed by atoms with Crippen LogP contribution in [0.2, 0.25) is 0 Å². The predicted octanol–water partition coefficient (Wildman–Crippen LogP) is 3.53. The van der Waals surface area contributed by atoms with E-state index in [1.54, 1.807) is 24.3 Å². The summed E-state index contributed by atoms with van der Waals surface area (Å²) >= 11 is 0. The SMILES string of the molecule is O=c1cc(-c2ccc(C#CC3(O)CCCC3)cc2)oc2cc(O)cc(O)c12. The first kappa shape index (κ1) is 17.2. The fourth-order valence-corrected chi connectivity index (χ4v) is 3.39. The molecule has 1 aliphatic carbocycles. The second-order valence-electron chi connectivity index (χ2n) is 6.88. The molecule has 0 amide bonds. The molecule has 5 heteroatoms. The van der Waals surface area contributed by atoms with Crippen molar-refractivity contribution in [2.45, 2.75) is 31.3 Å². The molecule has 1 aromatic heterocycles. The zero-order valence-electron chi connectivity index (χ0n) is 14.5. The molecule has 27 heavy (non-hydrogen) atoms. The van der Waals surface area contributed by atoms with Gasteiger partial charge in [-0.15, -0.1) is 0 Å². The van der Waals surface area contributed by atoms with E-state index in [1.165, 1.54) is 12.1 Å². The number of benzene rings is 2. The van der Waals surface area contributed by atoms with E-state index in [0.29, 0.717) is 24.2 Å². The Morgan fingerprint density at radius 2 is 1.70 bits per heavy atom. The smallest absolute Gasteiger partial charge is 0.197 e. The highest BCUT2D eigenvalue weighted by Gasteiger charge is 2.28. The average Bonchev–Trinajstić information content (AvgIpc) is 3.06. The van der Waals surface area contributed by atoms with Gasteiger partial charge < -0.3 is 19.7 Å². The van der Waals surface area contributed by atoms with Crippen LogP contribution in [-0.4, -0.2) is 20.9 Å². The lowest BCUT2D eigenvalue weighted by molar-refractivity contribution is 0.110. The van der Waals surface area contributed by atoms with Gasteiger partial charge in [0.05, 0.1) is 0 Å². The number of rotatable bonds is 1. The Balaban J connectivity index is 1.68. The van der Waals surface area contributed by atoms with Crippen LogP contribution in [0.3, 0.4) is 0 Å². The molecule has 3 N–H and O–H groups in total. The Bertz CT molecular complexity index is 1120. The first-order chi connectivity index (χ1) is 12.9. The molecule has 2 aromatic carbocycles. The lowest BCUT2D eigenvalue weighted by atomic mass is 10.0. The van der Waals surface area contributed by atoms with E-state index in [9.17, 15) is 20.1 Å². The summed E-state index contributed by atoms with van der Waals surface area (Å²) in [6.07, 6.45) is 3.41. The molecule has 0 saturated heterocycles. The molecule has 0 radical (unpaired) electrons. The fraction of sp³-hybridized carbons (Fsp3) is 0.227. The second-order valence-corrected chi connectivity index (χ2v) is 6.88. The molecule has 1 heterocycles. The first-order valence-corrected chi connectivity index (χ1v) is 8.79. The minimum atomic E-state index is -0.881. The zero-order chi connectivity index (χ0) is 19.0. The van der Waals surface area contributed by atoms with E-state index in [2.05, 4.69) is 11.8 Å². The van der Waals surface area contributed by atoms with Crippen LogP contribution in [-0.2, 0) is 0 Å². The van der Waals surface area contributed by atoms with E-state index in [4.69, 9.17) is 4.42 Å². The Morgan fingerprint density at radius 1 is 1.00 bits per heavy atom. The van der Waals surface area contributed by atoms with Crippen molar-refractivity contribution >= 4 is 11.0 Å². The van der Waals surface area contributed by atoms with Gasteiger partial charge in [-0.3, -0.25) is 4.79 Å². The first-order valence-electron chi connectivity index (χ1n) is 8.79. The van der Waals surface area contributed by atoms with Crippen LogP contribution in [0.15, 0.2) is 51.7 Å². The molecule has 0 unspecified atom stereocenters. The molecule has 0 bridgehead atoms. The van der Waals surface area contributed by atoms with Gasteiger partial charge in [-0.05, 0) is 49.9 Å². The summed E-state index contributed by atoms with van der Waals surface area (Å²) in [5.41, 5.74) is 0.270. The van der Waals surface area contributed by atoms with Gasteiger partial charge in [0.15, 0.2) is 5.43 Å². The molecule has 0 atom stereocenters. The Kier molecular flexibility index (Phi) is 4.14. The second kappa shape index (κ2) is 6.49. The van der Waals surface area contributed by atoms with Crippen LogP contribution >= 0.6 is 0 Å². The van der Waals surface area contributed by atoms with Crippen LogP contribution in [0.4, 0.5) is 0 Å². The lowest BCUT2D eigenvalue weighted by Gasteiger charge is -2.12. The van der Waals surface area contributed by atoms with Crippen molar-refractivity contribution in [3.05, 3.63) is 58.3 Å². The van der Waals surface area contributed by atoms with Gasteiger partial charge in [-0.25, -0.2) is 0 Å². The molecule has 1 aliphatic rings. The number of fused-ring (bicyclic) bond motifs is 1. The van der Waals surface area contributed by atoms with Gasteiger partial charge in [0, 0.05) is 29.3 Å². The molecule has 136 valence electrons. The molecule has 0 spiro atoms. The highest BCUT2D eigenvalue weighted by molar-refractivity contribution is 5.86. The van der Waals surface area contributed by atoms with Crippen molar-refractivity contribution in [2.75, 3.05) is 0 Å². The van der Waals surface area contributed by atoms with Gasteiger partial charge in [0.25, 0.3) is 0 Å². The summed E-state index contributed by atoms with van der Waals surface area (Å²) < 4.78 is 5.69. The van der Waals surface area contributed by atoms with Crippen molar-refractivity contribution in [1.82, 2.24) is 0 Å². The number of hydrogen-bond acceptors (Lipinski definition) is 5. The predicted molar refractivity (Wildman–Crippen MR) is 102 cm³/mol. The van der Waals surface area contributed by atoms with Crippen LogP contribution < -0.4 is 5.43 Å². The number of phenolic OH excluding ortho intramolecular Hbond substituents is 2. The molecular weight excluding hydrogens is 344 g/mol. The molecule has 3 aromatic rings. The van der Waals surface area contributed by atoms with Crippen LogP contribution in [0.1, 0.15) is 31.2 Å². The third-order valence-corrected chi connectivity index (χ3v) is 4.83. The summed E-state index contributed by atoms with van der Waals surface area (Å²) in [6, 6.07) is 10.8. The molecule has 1 saturated carbocycles. The number of hydrogen-bond donors (Lipinski definition) is 3. The highest BCUT2D eigenvalue weighted by atomic mass is 16.3. The quantitative estimate of drug-likeness (QED) is 0.576. The van der Waals surface area contributed by atoms with E-state index >= 15 is 0 Å². The maximum absolute atomic E-state index is 12.3. The maximum atomic E-state index is 12.3. The minimum absolute atomic E-state index is 0.0313. The standard InChI is InChI=1S/C22H18O5/c23-16-11-17(24)21-18(25)13-19(27-20(21)12-16)15-5-3-14(4-6-15)7-10-22(26)8-1-2-9-22/h3-6,11-13,23-24,26H,1-2,8-9H2. The summed E-state index contributed by atoms with van der Waals surface area (Å²) in [6.45, 7) is 0. The Morgan fingerprint density at radius 3 is 2.41 bits per heavy atom. The van der Waals surface area contributed by atoms with Crippen molar-refractivity contribution < 1.29 is 19.7 Å². The topological polar surface area (TPSA) is 90.9 Å². The average molecular weight is 362 g/mol. The number of aliphatic hydroxyl groups is 1.